The van der Waals surface area contributed by atoms with Crippen LogP contribution in [0, 0.1) is 10.8 Å². The summed E-state index contributed by atoms with van der Waals surface area (Å²) < 4.78 is 24.0. The van der Waals surface area contributed by atoms with Gasteiger partial charge in [-0.3, -0.25) is 0 Å². The Hall–Kier alpha value is -1.99. The van der Waals surface area contributed by atoms with E-state index < -0.39 is 24.1 Å². The molecule has 1 aromatic heterocycles. The first-order chi connectivity index (χ1) is 14.9. The Kier molecular flexibility index (Phi) is 8.82. The quantitative estimate of drug-likeness (QED) is 0.598. The number of cyclic esters (lactones) is 2. The van der Waals surface area contributed by atoms with Gasteiger partial charge in [0.25, 0.3) is 0 Å². The van der Waals surface area contributed by atoms with Crippen LogP contribution >= 0.6 is 0 Å². The smallest absolute Gasteiger partial charge is 0.357 e. The van der Waals surface area contributed by atoms with E-state index in [1.54, 1.807) is 6.07 Å². The highest BCUT2D eigenvalue weighted by atomic mass is 16.6. The average molecular weight is 450 g/mol. The van der Waals surface area contributed by atoms with Crippen LogP contribution in [0.25, 0.3) is 0 Å². The van der Waals surface area contributed by atoms with E-state index >= 15 is 0 Å². The molecule has 180 valence electrons. The molecule has 7 nitrogen and oxygen atoms in total. The van der Waals surface area contributed by atoms with Crippen molar-refractivity contribution in [3.63, 3.8) is 0 Å². The highest BCUT2D eigenvalue weighted by molar-refractivity contribution is 5.91. The van der Waals surface area contributed by atoms with Crippen molar-refractivity contribution in [3.8, 4) is 0 Å². The fraction of sp³-hybridized carbons (Fsp3) is 0.720. The molecule has 2 rings (SSSR count). The van der Waals surface area contributed by atoms with Crippen LogP contribution in [0.1, 0.15) is 89.2 Å². The molecule has 2 bridgehead atoms. The second kappa shape index (κ2) is 10.8. The SMILES string of the molecule is CCC1OC[C@H](C(C)(C)C)OC(=O)c2cccc(n2)C(=O)O[C@@H](C(C)(C)C)COC1CC. The second-order valence-electron chi connectivity index (χ2n) is 10.5. The summed E-state index contributed by atoms with van der Waals surface area (Å²) in [6.45, 7) is 16.5. The molecule has 7 heteroatoms. The number of ether oxygens (including phenoxy) is 4. The van der Waals surface area contributed by atoms with E-state index in [9.17, 15) is 9.59 Å². The minimum Gasteiger partial charge on any atom is -0.455 e. The number of pyridine rings is 1. The van der Waals surface area contributed by atoms with Crippen LogP contribution in [0.5, 0.6) is 0 Å². The number of fused-ring (bicyclic) bond motifs is 2. The summed E-state index contributed by atoms with van der Waals surface area (Å²) in [6, 6.07) is 4.66. The maximum Gasteiger partial charge on any atom is 0.357 e. The van der Waals surface area contributed by atoms with Crippen LogP contribution < -0.4 is 0 Å². The molecule has 32 heavy (non-hydrogen) atoms. The zero-order valence-corrected chi connectivity index (χ0v) is 20.8. The van der Waals surface area contributed by atoms with E-state index in [0.717, 1.165) is 12.8 Å². The van der Waals surface area contributed by atoms with Crippen molar-refractivity contribution in [3.05, 3.63) is 29.6 Å². The monoisotopic (exact) mass is 449 g/mol. The third kappa shape index (κ3) is 7.01. The Labute approximate surface area is 192 Å². The molecule has 4 atom stereocenters. The van der Waals surface area contributed by atoms with Crippen molar-refractivity contribution in [2.45, 2.75) is 92.6 Å². The molecular weight excluding hydrogens is 410 g/mol. The zero-order chi connectivity index (χ0) is 24.1. The lowest BCUT2D eigenvalue weighted by atomic mass is 9.89. The van der Waals surface area contributed by atoms with Gasteiger partial charge in [-0.15, -0.1) is 0 Å². The molecule has 0 spiro atoms. The topological polar surface area (TPSA) is 84.0 Å². The number of nitrogens with zero attached hydrogens (tertiary/aromatic N) is 1. The molecule has 0 saturated carbocycles. The van der Waals surface area contributed by atoms with Gasteiger partial charge in [0.15, 0.2) is 0 Å². The van der Waals surface area contributed by atoms with Crippen molar-refractivity contribution < 1.29 is 28.5 Å². The summed E-state index contributed by atoms with van der Waals surface area (Å²) >= 11 is 0. The summed E-state index contributed by atoms with van der Waals surface area (Å²) in [5.41, 5.74) is -0.576. The first-order valence-corrected chi connectivity index (χ1v) is 11.5. The van der Waals surface area contributed by atoms with Gasteiger partial charge in [-0.05, 0) is 25.0 Å². The highest BCUT2D eigenvalue weighted by Gasteiger charge is 2.34. The molecule has 1 aliphatic rings. The normalized spacial score (nSPS) is 26.5. The largest absolute Gasteiger partial charge is 0.455 e. The number of hydrogen-bond donors (Lipinski definition) is 0. The zero-order valence-electron chi connectivity index (χ0n) is 20.8. The lowest BCUT2D eigenvalue weighted by Gasteiger charge is -2.34. The van der Waals surface area contributed by atoms with E-state index in [4.69, 9.17) is 18.9 Å². The van der Waals surface area contributed by atoms with E-state index in [1.165, 1.54) is 12.1 Å². The van der Waals surface area contributed by atoms with E-state index in [-0.39, 0.29) is 47.6 Å². The van der Waals surface area contributed by atoms with Crippen LogP contribution in [-0.4, -0.2) is 54.6 Å². The number of aromatic nitrogens is 1. The summed E-state index contributed by atoms with van der Waals surface area (Å²) in [4.78, 5) is 29.9. The minimum atomic E-state index is -0.596. The van der Waals surface area contributed by atoms with Gasteiger partial charge < -0.3 is 18.9 Å². The molecule has 0 amide bonds. The van der Waals surface area contributed by atoms with Gasteiger partial charge in [-0.2, -0.15) is 0 Å². The molecule has 1 aromatic rings. The number of carbonyl (C=O) groups excluding carboxylic acids is 2. The first kappa shape index (κ1) is 26.3. The fourth-order valence-corrected chi connectivity index (χ4v) is 3.36. The van der Waals surface area contributed by atoms with Gasteiger partial charge >= 0.3 is 11.9 Å². The van der Waals surface area contributed by atoms with E-state index in [2.05, 4.69) is 4.98 Å². The minimum absolute atomic E-state index is 0.0607. The van der Waals surface area contributed by atoms with Crippen LogP contribution in [0.15, 0.2) is 18.2 Å². The van der Waals surface area contributed by atoms with Gasteiger partial charge in [0.2, 0.25) is 0 Å². The standard InChI is InChI=1S/C25H39NO6/c1-9-18-19(10-2)30-15-21(25(6,7)8)32-23(28)17-13-11-12-16(26-17)22(27)31-20(14-29-18)24(3,4)5/h11-13,18-21H,9-10,14-15H2,1-8H3/t18?,19?,20-,21-/m1/s1. The maximum absolute atomic E-state index is 12.9. The van der Waals surface area contributed by atoms with Crippen LogP contribution in [0.3, 0.4) is 0 Å². The van der Waals surface area contributed by atoms with E-state index in [1.807, 2.05) is 55.4 Å². The fourth-order valence-electron chi connectivity index (χ4n) is 3.36. The third-order valence-electron chi connectivity index (χ3n) is 5.74. The Balaban J connectivity index is 2.44. The van der Waals surface area contributed by atoms with Crippen LogP contribution in [-0.2, 0) is 18.9 Å². The molecule has 0 N–H and O–H groups in total. The lowest BCUT2D eigenvalue weighted by Crippen LogP contribution is -2.42. The molecule has 0 aliphatic carbocycles. The average Bonchev–Trinajstić information content (AvgIpc) is 2.71. The number of esters is 2. The molecule has 2 unspecified atom stereocenters. The summed E-state index contributed by atoms with van der Waals surface area (Å²) in [7, 11) is 0. The predicted molar refractivity (Wildman–Crippen MR) is 122 cm³/mol. The van der Waals surface area contributed by atoms with Crippen molar-refractivity contribution in [1.82, 2.24) is 4.98 Å². The molecule has 2 heterocycles. The Bertz CT molecular complexity index is 718. The van der Waals surface area contributed by atoms with Crippen molar-refractivity contribution in [2.24, 2.45) is 10.8 Å². The Morgan fingerprint density at radius 1 is 0.781 bits per heavy atom. The van der Waals surface area contributed by atoms with Crippen LogP contribution in [0.4, 0.5) is 0 Å². The Morgan fingerprint density at radius 2 is 1.16 bits per heavy atom. The van der Waals surface area contributed by atoms with Crippen molar-refractivity contribution in [1.29, 1.82) is 0 Å². The van der Waals surface area contributed by atoms with Gasteiger partial charge in [-0.1, -0.05) is 61.5 Å². The lowest BCUT2D eigenvalue weighted by molar-refractivity contribution is -0.130. The van der Waals surface area contributed by atoms with Gasteiger partial charge in [0, 0.05) is 10.8 Å². The summed E-state index contributed by atoms with van der Waals surface area (Å²) in [5, 5.41) is 0. The molecule has 0 fully saturated rings. The predicted octanol–water partition coefficient (Wildman–Crippen LogP) is 4.83. The van der Waals surface area contributed by atoms with Gasteiger partial charge in [0.1, 0.15) is 23.6 Å². The van der Waals surface area contributed by atoms with Crippen molar-refractivity contribution >= 4 is 11.9 Å². The van der Waals surface area contributed by atoms with E-state index in [0.29, 0.717) is 0 Å². The van der Waals surface area contributed by atoms with Gasteiger partial charge in [-0.25, -0.2) is 14.6 Å². The number of rotatable bonds is 2. The molecular formula is C25H39NO6. The molecule has 0 saturated heterocycles. The summed E-state index contributed by atoms with van der Waals surface area (Å²) in [6.07, 6.45) is 0.142. The van der Waals surface area contributed by atoms with Crippen molar-refractivity contribution in [2.75, 3.05) is 13.2 Å². The second-order valence-corrected chi connectivity index (χ2v) is 10.5. The Morgan fingerprint density at radius 3 is 1.47 bits per heavy atom. The first-order valence-electron chi connectivity index (χ1n) is 11.5. The van der Waals surface area contributed by atoms with Gasteiger partial charge in [0.05, 0.1) is 25.4 Å². The van der Waals surface area contributed by atoms with Crippen LogP contribution in [0.2, 0.25) is 0 Å². The third-order valence-corrected chi connectivity index (χ3v) is 5.74. The maximum atomic E-state index is 12.9. The molecule has 0 aromatic carbocycles. The summed E-state index contributed by atoms with van der Waals surface area (Å²) in [5.74, 6) is -1.19. The number of carbonyl (C=O) groups is 2. The molecule has 1 aliphatic heterocycles. The highest BCUT2D eigenvalue weighted by Crippen LogP contribution is 2.27. The molecule has 0 radical (unpaired) electrons. The number of hydrogen-bond acceptors (Lipinski definition) is 7.